The summed E-state index contributed by atoms with van der Waals surface area (Å²) in [6.07, 6.45) is 2.78. The largest absolute Gasteiger partial charge is 0.507 e. The number of hydrogen-bond acceptors (Lipinski definition) is 9. The molecule has 3 aromatic carbocycles. The summed E-state index contributed by atoms with van der Waals surface area (Å²) in [5.41, 5.74) is 2.12. The van der Waals surface area contributed by atoms with Crippen molar-refractivity contribution < 1.29 is 34.3 Å². The maximum atomic E-state index is 13.7. The molecule has 7 N–H and O–H groups in total. The van der Waals surface area contributed by atoms with Crippen LogP contribution in [0.5, 0.6) is 5.75 Å². The summed E-state index contributed by atoms with van der Waals surface area (Å²) in [4.78, 5) is 77.5. The Hall–Kier alpha value is -6.58. The van der Waals surface area contributed by atoms with Crippen molar-refractivity contribution >= 4 is 40.4 Å². The molecule has 3 atom stereocenters. The van der Waals surface area contributed by atoms with E-state index in [0.29, 0.717) is 27.9 Å². The fraction of sp³-hybridized carbons (Fsp3) is 0.235. The quantitative estimate of drug-likeness (QED) is 0.0667. The van der Waals surface area contributed by atoms with Gasteiger partial charge in [0.2, 0.25) is 11.8 Å². The van der Waals surface area contributed by atoms with Crippen LogP contribution in [0.15, 0.2) is 79.3 Å². The number of non-ortho nitro benzene ring substituents is 1. The average molecular weight is 683 g/mol. The van der Waals surface area contributed by atoms with E-state index in [1.165, 1.54) is 48.9 Å². The summed E-state index contributed by atoms with van der Waals surface area (Å²) in [6.45, 7) is 3.37. The van der Waals surface area contributed by atoms with Gasteiger partial charge in [-0.25, -0.2) is 14.8 Å². The van der Waals surface area contributed by atoms with Crippen LogP contribution in [0.1, 0.15) is 35.5 Å². The fourth-order valence-corrected chi connectivity index (χ4v) is 5.28. The molecule has 0 aliphatic heterocycles. The highest BCUT2D eigenvalue weighted by Gasteiger charge is 2.32. The minimum absolute atomic E-state index is 0.0249. The lowest BCUT2D eigenvalue weighted by atomic mass is 10.00. The molecule has 0 unspecified atom stereocenters. The number of carboxylic acid groups (broad SMARTS) is 1. The van der Waals surface area contributed by atoms with Gasteiger partial charge in [0.25, 0.3) is 11.6 Å². The molecular weight excluding hydrogens is 648 g/mol. The van der Waals surface area contributed by atoms with Crippen molar-refractivity contribution in [3.8, 4) is 17.1 Å². The number of nitrogens with zero attached hydrogens (tertiary/aromatic N) is 3. The Kier molecular flexibility index (Phi) is 10.5. The number of aliphatic carboxylic acids is 1. The van der Waals surface area contributed by atoms with E-state index < -0.39 is 52.7 Å². The number of carbonyl (C=O) groups excluding carboxylic acids is 3. The number of amides is 3. The summed E-state index contributed by atoms with van der Waals surface area (Å²) in [5, 5.41) is 39.4. The van der Waals surface area contributed by atoms with Gasteiger partial charge in [0.15, 0.2) is 0 Å². The molecule has 0 saturated heterocycles. The third-order valence-corrected chi connectivity index (χ3v) is 7.94. The van der Waals surface area contributed by atoms with Crippen LogP contribution in [0.4, 0.5) is 5.69 Å². The van der Waals surface area contributed by atoms with E-state index in [2.05, 4.69) is 35.9 Å². The minimum atomic E-state index is -1.32. The molecule has 0 saturated carbocycles. The molecule has 3 amide bonds. The summed E-state index contributed by atoms with van der Waals surface area (Å²) in [5.74, 6) is -4.10. The first-order chi connectivity index (χ1) is 23.9. The molecule has 0 spiro atoms. The van der Waals surface area contributed by atoms with Crippen molar-refractivity contribution in [3.05, 3.63) is 106 Å². The zero-order valence-electron chi connectivity index (χ0n) is 26.9. The molecule has 0 bridgehead atoms. The molecule has 0 radical (unpaired) electrons. The van der Waals surface area contributed by atoms with Gasteiger partial charge in [-0.05, 0) is 35.7 Å². The maximum Gasteiger partial charge on any atom is 0.326 e. The topological polar surface area (TPSA) is 245 Å². The number of aromatic hydroxyl groups is 1. The third-order valence-electron chi connectivity index (χ3n) is 7.94. The summed E-state index contributed by atoms with van der Waals surface area (Å²) in [6, 6.07) is 13.4. The highest BCUT2D eigenvalue weighted by molar-refractivity contribution is 6.01. The zero-order valence-corrected chi connectivity index (χ0v) is 26.9. The molecule has 2 aromatic heterocycles. The summed E-state index contributed by atoms with van der Waals surface area (Å²) < 4.78 is 0. The van der Waals surface area contributed by atoms with Crippen molar-refractivity contribution in [1.29, 1.82) is 0 Å². The molecule has 5 rings (SSSR count). The Bertz CT molecular complexity index is 2030. The van der Waals surface area contributed by atoms with Crippen molar-refractivity contribution in [3.63, 3.8) is 0 Å². The number of carbonyl (C=O) groups is 4. The Morgan fingerprint density at radius 3 is 2.32 bits per heavy atom. The SMILES string of the molecule is CC(C)[C@H](NC(=O)c1cc(-c2nc3ccc([N+](=O)[O-])cc3[nH]2)ccc1O)C(=O)N[C@@H](Cc1ccccc1)C(=O)N[C@@H](Cc1cnc[nH]1)C(=O)O. The third kappa shape index (κ3) is 8.28. The van der Waals surface area contributed by atoms with Gasteiger partial charge in [-0.3, -0.25) is 24.5 Å². The van der Waals surface area contributed by atoms with Crippen LogP contribution >= 0.6 is 0 Å². The number of aromatic nitrogens is 4. The van der Waals surface area contributed by atoms with E-state index in [1.807, 2.05) is 0 Å². The normalized spacial score (nSPS) is 12.9. The zero-order chi connectivity index (χ0) is 35.9. The van der Waals surface area contributed by atoms with Gasteiger partial charge in [-0.15, -0.1) is 0 Å². The van der Waals surface area contributed by atoms with E-state index in [0.717, 1.165) is 0 Å². The molecule has 0 aliphatic rings. The van der Waals surface area contributed by atoms with E-state index in [1.54, 1.807) is 44.2 Å². The van der Waals surface area contributed by atoms with Gasteiger partial charge in [-0.1, -0.05) is 44.2 Å². The van der Waals surface area contributed by atoms with Crippen LogP contribution < -0.4 is 16.0 Å². The van der Waals surface area contributed by atoms with Gasteiger partial charge in [-0.2, -0.15) is 0 Å². The van der Waals surface area contributed by atoms with Crippen molar-refractivity contribution in [2.24, 2.45) is 5.92 Å². The first-order valence-electron chi connectivity index (χ1n) is 15.5. The number of benzene rings is 3. The number of rotatable bonds is 14. The molecular formula is C34H34N8O8. The molecule has 2 heterocycles. The lowest BCUT2D eigenvalue weighted by Gasteiger charge is -2.26. The number of imidazole rings is 2. The number of phenolic OH excluding ortho intramolecular Hbond substituents is 1. The molecule has 0 fully saturated rings. The smallest absolute Gasteiger partial charge is 0.326 e. The average Bonchev–Trinajstić information content (AvgIpc) is 3.76. The molecule has 50 heavy (non-hydrogen) atoms. The highest BCUT2D eigenvalue weighted by Crippen LogP contribution is 2.28. The molecule has 16 heteroatoms. The number of fused-ring (bicyclic) bond motifs is 1. The van der Waals surface area contributed by atoms with Crippen LogP contribution in [0.3, 0.4) is 0 Å². The summed E-state index contributed by atoms with van der Waals surface area (Å²) in [7, 11) is 0. The highest BCUT2D eigenvalue weighted by atomic mass is 16.6. The summed E-state index contributed by atoms with van der Waals surface area (Å²) >= 11 is 0. The number of aromatic amines is 2. The maximum absolute atomic E-state index is 13.7. The Morgan fingerprint density at radius 1 is 0.920 bits per heavy atom. The second-order valence-electron chi connectivity index (χ2n) is 11.9. The van der Waals surface area contributed by atoms with Gasteiger partial charge >= 0.3 is 5.97 Å². The first-order valence-corrected chi connectivity index (χ1v) is 15.5. The van der Waals surface area contributed by atoms with Crippen LogP contribution in [-0.2, 0) is 27.2 Å². The number of nitrogens with one attached hydrogen (secondary N) is 5. The van der Waals surface area contributed by atoms with Crippen molar-refractivity contribution in [2.45, 2.75) is 44.8 Å². The molecule has 0 aliphatic carbocycles. The number of nitro groups is 1. The predicted molar refractivity (Wildman–Crippen MR) is 180 cm³/mol. The lowest BCUT2D eigenvalue weighted by Crippen LogP contribution is -2.57. The van der Waals surface area contributed by atoms with E-state index in [9.17, 15) is 39.5 Å². The van der Waals surface area contributed by atoms with E-state index in [-0.39, 0.29) is 35.7 Å². The van der Waals surface area contributed by atoms with Crippen molar-refractivity contribution in [1.82, 2.24) is 35.9 Å². The lowest BCUT2D eigenvalue weighted by molar-refractivity contribution is -0.384. The van der Waals surface area contributed by atoms with Gasteiger partial charge in [0, 0.05) is 42.4 Å². The van der Waals surface area contributed by atoms with E-state index >= 15 is 0 Å². The van der Waals surface area contributed by atoms with Crippen LogP contribution in [-0.4, -0.2) is 76.9 Å². The van der Waals surface area contributed by atoms with Crippen LogP contribution in [0.2, 0.25) is 0 Å². The number of phenols is 1. The Balaban J connectivity index is 1.35. The predicted octanol–water partition coefficient (Wildman–Crippen LogP) is 2.86. The number of nitro benzene ring substituents is 1. The second-order valence-corrected chi connectivity index (χ2v) is 11.9. The first kappa shape index (κ1) is 34.7. The Labute approximate surface area is 284 Å². The van der Waals surface area contributed by atoms with Crippen LogP contribution in [0, 0.1) is 16.0 Å². The van der Waals surface area contributed by atoms with Crippen molar-refractivity contribution in [2.75, 3.05) is 0 Å². The standard InChI is InChI=1S/C34H34N8O8/c1-18(2)29(41-31(44)23-13-20(8-11-28(23)43)30-37-24-10-9-22(42(49)50)15-25(24)38-30)33(46)39-26(12-19-6-4-3-5-7-19)32(45)40-27(34(47)48)14-21-16-35-17-36-21/h3-11,13,15-18,26-27,29,43H,12,14H2,1-2H3,(H,35,36)(H,37,38)(H,39,46)(H,40,45)(H,41,44)(H,47,48)/t26-,27-,29-/m0/s1. The number of carboxylic acids is 1. The fourth-order valence-electron chi connectivity index (χ4n) is 5.28. The molecule has 258 valence electrons. The monoisotopic (exact) mass is 682 g/mol. The number of H-pyrrole nitrogens is 2. The minimum Gasteiger partial charge on any atom is -0.507 e. The number of hydrogen-bond donors (Lipinski definition) is 7. The Morgan fingerprint density at radius 2 is 1.66 bits per heavy atom. The molecule has 16 nitrogen and oxygen atoms in total. The van der Waals surface area contributed by atoms with E-state index in [4.69, 9.17) is 0 Å². The van der Waals surface area contributed by atoms with Gasteiger partial charge in [0.05, 0.1) is 27.8 Å². The second kappa shape index (κ2) is 15.1. The van der Waals surface area contributed by atoms with Gasteiger partial charge in [0.1, 0.15) is 29.7 Å². The molecule has 5 aromatic rings. The van der Waals surface area contributed by atoms with Crippen LogP contribution in [0.25, 0.3) is 22.4 Å². The van der Waals surface area contributed by atoms with Gasteiger partial charge < -0.3 is 36.1 Å².